The average molecular weight is 275 g/mol. The second-order valence-electron chi connectivity index (χ2n) is 5.70. The summed E-state index contributed by atoms with van der Waals surface area (Å²) >= 11 is 0. The zero-order chi connectivity index (χ0) is 13.9. The van der Waals surface area contributed by atoms with Crippen LogP contribution in [0.4, 0.5) is 0 Å². The van der Waals surface area contributed by atoms with Crippen molar-refractivity contribution >= 4 is 5.78 Å². The summed E-state index contributed by atoms with van der Waals surface area (Å²) in [5.74, 6) is 1.55. The molecule has 1 aliphatic carbocycles. The molecule has 0 radical (unpaired) electrons. The highest BCUT2D eigenvalue weighted by molar-refractivity contribution is 5.98. The van der Waals surface area contributed by atoms with E-state index in [1.807, 2.05) is 12.1 Å². The van der Waals surface area contributed by atoms with Gasteiger partial charge < -0.3 is 9.47 Å². The molecular formula is C16H21NO3. The summed E-state index contributed by atoms with van der Waals surface area (Å²) in [6, 6.07) is 5.99. The van der Waals surface area contributed by atoms with E-state index in [4.69, 9.17) is 9.47 Å². The molecule has 0 aromatic heterocycles. The zero-order valence-corrected chi connectivity index (χ0v) is 11.9. The molecule has 1 aromatic carbocycles. The minimum Gasteiger partial charge on any atom is -0.454 e. The second-order valence-corrected chi connectivity index (χ2v) is 5.70. The zero-order valence-electron chi connectivity index (χ0n) is 11.9. The van der Waals surface area contributed by atoms with E-state index in [0.29, 0.717) is 23.9 Å². The molecule has 0 saturated heterocycles. The third-order valence-electron chi connectivity index (χ3n) is 4.29. The average Bonchev–Trinajstić information content (AvgIpc) is 2.95. The van der Waals surface area contributed by atoms with E-state index in [2.05, 4.69) is 11.9 Å². The number of hydrogen-bond donors (Lipinski definition) is 0. The van der Waals surface area contributed by atoms with E-state index >= 15 is 0 Å². The van der Waals surface area contributed by atoms with Crippen molar-refractivity contribution in [3.05, 3.63) is 23.8 Å². The molecule has 1 aliphatic heterocycles. The number of ketones is 1. The van der Waals surface area contributed by atoms with E-state index in [1.165, 1.54) is 32.1 Å². The molecule has 0 atom stereocenters. The van der Waals surface area contributed by atoms with Crippen LogP contribution in [0.3, 0.4) is 0 Å². The van der Waals surface area contributed by atoms with Crippen molar-refractivity contribution in [2.24, 2.45) is 0 Å². The molecule has 0 amide bonds. The fourth-order valence-corrected chi connectivity index (χ4v) is 3.04. The van der Waals surface area contributed by atoms with Crippen LogP contribution in [-0.4, -0.2) is 37.1 Å². The van der Waals surface area contributed by atoms with Crippen molar-refractivity contribution in [3.63, 3.8) is 0 Å². The predicted octanol–water partition coefficient (Wildman–Crippen LogP) is 2.86. The summed E-state index contributed by atoms with van der Waals surface area (Å²) in [5, 5.41) is 0. The minimum absolute atomic E-state index is 0.149. The van der Waals surface area contributed by atoms with E-state index in [9.17, 15) is 4.79 Å². The maximum atomic E-state index is 12.4. The number of carbonyl (C=O) groups excluding carboxylic acids is 1. The third-order valence-corrected chi connectivity index (χ3v) is 4.29. The molecule has 1 fully saturated rings. The normalized spacial score (nSPS) is 18.5. The molecule has 4 nitrogen and oxygen atoms in total. The van der Waals surface area contributed by atoms with Crippen LogP contribution in [0.2, 0.25) is 0 Å². The Hall–Kier alpha value is -1.55. The molecule has 0 spiro atoms. The molecule has 1 aromatic rings. The summed E-state index contributed by atoms with van der Waals surface area (Å²) in [4.78, 5) is 14.6. The van der Waals surface area contributed by atoms with Gasteiger partial charge in [0, 0.05) is 11.6 Å². The summed E-state index contributed by atoms with van der Waals surface area (Å²) in [6.45, 7) is 0.721. The van der Waals surface area contributed by atoms with Crippen LogP contribution >= 0.6 is 0 Å². The van der Waals surface area contributed by atoms with Crippen molar-refractivity contribution in [2.45, 2.75) is 38.1 Å². The predicted molar refractivity (Wildman–Crippen MR) is 76.4 cm³/mol. The number of benzene rings is 1. The number of nitrogens with zero attached hydrogens (tertiary/aromatic N) is 1. The fourth-order valence-electron chi connectivity index (χ4n) is 3.04. The Labute approximate surface area is 119 Å². The summed E-state index contributed by atoms with van der Waals surface area (Å²) in [5.41, 5.74) is 0.705. The Bertz CT molecular complexity index is 494. The lowest BCUT2D eigenvalue weighted by atomic mass is 9.94. The van der Waals surface area contributed by atoms with Crippen molar-refractivity contribution < 1.29 is 14.3 Å². The number of rotatable bonds is 4. The molecule has 0 N–H and O–H groups in total. The Kier molecular flexibility index (Phi) is 3.92. The van der Waals surface area contributed by atoms with Gasteiger partial charge in [-0.05, 0) is 38.1 Å². The van der Waals surface area contributed by atoms with E-state index < -0.39 is 0 Å². The van der Waals surface area contributed by atoms with Crippen LogP contribution in [0.1, 0.15) is 42.5 Å². The lowest BCUT2D eigenvalue weighted by Gasteiger charge is -2.30. The lowest BCUT2D eigenvalue weighted by molar-refractivity contribution is 0.0899. The van der Waals surface area contributed by atoms with Gasteiger partial charge in [0.2, 0.25) is 6.79 Å². The first kappa shape index (κ1) is 13.4. The first-order valence-electron chi connectivity index (χ1n) is 7.37. The van der Waals surface area contributed by atoms with Gasteiger partial charge in [-0.1, -0.05) is 19.3 Å². The van der Waals surface area contributed by atoms with Crippen LogP contribution < -0.4 is 9.47 Å². The highest BCUT2D eigenvalue weighted by Crippen LogP contribution is 2.32. The molecule has 4 heteroatoms. The molecule has 2 aliphatic rings. The number of likely N-dealkylation sites (N-methyl/N-ethyl adjacent to an activating group) is 1. The molecular weight excluding hydrogens is 254 g/mol. The van der Waals surface area contributed by atoms with Gasteiger partial charge in [-0.15, -0.1) is 0 Å². The number of carbonyl (C=O) groups is 1. The maximum absolute atomic E-state index is 12.4. The lowest BCUT2D eigenvalue weighted by Crippen LogP contribution is -2.37. The Morgan fingerprint density at radius 2 is 1.95 bits per heavy atom. The van der Waals surface area contributed by atoms with E-state index in [-0.39, 0.29) is 12.6 Å². The molecule has 20 heavy (non-hydrogen) atoms. The molecule has 3 rings (SSSR count). The van der Waals surface area contributed by atoms with Gasteiger partial charge in [-0.3, -0.25) is 9.69 Å². The highest BCUT2D eigenvalue weighted by Gasteiger charge is 2.21. The van der Waals surface area contributed by atoms with E-state index in [0.717, 1.165) is 5.75 Å². The van der Waals surface area contributed by atoms with Crippen LogP contribution in [-0.2, 0) is 0 Å². The van der Waals surface area contributed by atoms with Gasteiger partial charge in [0.1, 0.15) is 0 Å². The largest absolute Gasteiger partial charge is 0.454 e. The Balaban J connectivity index is 1.63. The Morgan fingerprint density at radius 3 is 2.75 bits per heavy atom. The summed E-state index contributed by atoms with van der Waals surface area (Å²) in [6.07, 6.45) is 6.33. The van der Waals surface area contributed by atoms with Gasteiger partial charge in [0.25, 0.3) is 0 Å². The topological polar surface area (TPSA) is 38.8 Å². The van der Waals surface area contributed by atoms with E-state index in [1.54, 1.807) is 6.07 Å². The monoisotopic (exact) mass is 275 g/mol. The smallest absolute Gasteiger partial charge is 0.231 e. The Morgan fingerprint density at radius 1 is 1.20 bits per heavy atom. The molecule has 0 bridgehead atoms. The van der Waals surface area contributed by atoms with Crippen molar-refractivity contribution in [2.75, 3.05) is 20.4 Å². The molecule has 108 valence electrons. The van der Waals surface area contributed by atoms with Crippen LogP contribution in [0.15, 0.2) is 18.2 Å². The number of Topliss-reactive ketones (excluding diaryl/α,β-unsaturated/α-hetero) is 1. The molecule has 1 saturated carbocycles. The van der Waals surface area contributed by atoms with Crippen molar-refractivity contribution in [3.8, 4) is 11.5 Å². The quantitative estimate of drug-likeness (QED) is 0.792. The molecule has 0 unspecified atom stereocenters. The van der Waals surface area contributed by atoms with Crippen LogP contribution in [0.25, 0.3) is 0 Å². The van der Waals surface area contributed by atoms with Crippen LogP contribution in [0.5, 0.6) is 11.5 Å². The van der Waals surface area contributed by atoms with Gasteiger partial charge in [0.15, 0.2) is 17.3 Å². The van der Waals surface area contributed by atoms with Gasteiger partial charge in [0.05, 0.1) is 6.54 Å². The number of ether oxygens (including phenoxy) is 2. The van der Waals surface area contributed by atoms with Crippen molar-refractivity contribution in [1.82, 2.24) is 4.90 Å². The first-order chi connectivity index (χ1) is 9.74. The minimum atomic E-state index is 0.149. The van der Waals surface area contributed by atoms with Crippen LogP contribution in [0, 0.1) is 0 Å². The molecule has 1 heterocycles. The fraction of sp³-hybridized carbons (Fsp3) is 0.562. The summed E-state index contributed by atoms with van der Waals surface area (Å²) < 4.78 is 10.6. The SMILES string of the molecule is CN(CC(=O)c1ccc2c(c1)OCO2)C1CCCCC1. The van der Waals surface area contributed by atoms with Gasteiger partial charge >= 0.3 is 0 Å². The first-order valence-corrected chi connectivity index (χ1v) is 7.37. The van der Waals surface area contributed by atoms with Gasteiger partial charge in [-0.25, -0.2) is 0 Å². The maximum Gasteiger partial charge on any atom is 0.231 e. The second kappa shape index (κ2) is 5.83. The highest BCUT2D eigenvalue weighted by atomic mass is 16.7. The number of fused-ring (bicyclic) bond motifs is 1. The number of hydrogen-bond acceptors (Lipinski definition) is 4. The third kappa shape index (κ3) is 2.80. The van der Waals surface area contributed by atoms with Gasteiger partial charge in [-0.2, -0.15) is 0 Å². The summed E-state index contributed by atoms with van der Waals surface area (Å²) in [7, 11) is 2.06. The standard InChI is InChI=1S/C16H21NO3/c1-17(13-5-3-2-4-6-13)10-14(18)12-7-8-15-16(9-12)20-11-19-15/h7-9,13H,2-6,10-11H2,1H3. The van der Waals surface area contributed by atoms with Crippen molar-refractivity contribution in [1.29, 1.82) is 0 Å².